The summed E-state index contributed by atoms with van der Waals surface area (Å²) in [5.41, 5.74) is 1.55. The highest BCUT2D eigenvalue weighted by molar-refractivity contribution is 6.02. The van der Waals surface area contributed by atoms with Crippen LogP contribution >= 0.6 is 0 Å². The molecule has 1 fully saturated rings. The summed E-state index contributed by atoms with van der Waals surface area (Å²) in [5, 5.41) is 4.51. The first-order valence-electron chi connectivity index (χ1n) is 8.42. The molecule has 3 aromatic rings. The summed E-state index contributed by atoms with van der Waals surface area (Å²) in [4.78, 5) is 31.5. The average molecular weight is 328 g/mol. The highest BCUT2D eigenvalue weighted by atomic mass is 16.5. The van der Waals surface area contributed by atoms with Gasteiger partial charge in [-0.3, -0.25) is 19.4 Å². The molecule has 1 aliphatic rings. The first kappa shape index (κ1) is 15.0. The molecule has 7 heteroatoms. The van der Waals surface area contributed by atoms with E-state index in [1.165, 1.54) is 0 Å². The number of esters is 1. The summed E-state index contributed by atoms with van der Waals surface area (Å²) >= 11 is 0. The Labute approximate surface area is 138 Å². The largest absolute Gasteiger partial charge is 0.466 e. The fourth-order valence-corrected chi connectivity index (χ4v) is 3.75. The van der Waals surface area contributed by atoms with Crippen LogP contribution in [0.4, 0.5) is 0 Å². The minimum Gasteiger partial charge on any atom is -0.466 e. The molecule has 1 aliphatic carbocycles. The monoisotopic (exact) mass is 328 g/mol. The van der Waals surface area contributed by atoms with E-state index in [4.69, 9.17) is 4.74 Å². The summed E-state index contributed by atoms with van der Waals surface area (Å²) < 4.78 is 7.10. The number of aromatic amines is 2. The Hall–Kier alpha value is -2.57. The smallest absolute Gasteiger partial charge is 0.308 e. The standard InChI is InChI=1S/C17H20N4O3/c1-2-24-17(23)10-3-5-11(6-4-10)21-14-12-7-8-18-15(12)19-9-13(14)16(22)20-21/h7-11H,2-6H2,1H3,(H,18,19)(H,20,22). The lowest BCUT2D eigenvalue weighted by molar-refractivity contribution is -0.149. The number of hydrogen-bond donors (Lipinski definition) is 2. The van der Waals surface area contributed by atoms with Crippen molar-refractivity contribution >= 4 is 27.9 Å². The van der Waals surface area contributed by atoms with Crippen LogP contribution in [0.3, 0.4) is 0 Å². The molecule has 0 spiro atoms. The van der Waals surface area contributed by atoms with Gasteiger partial charge in [-0.2, -0.15) is 0 Å². The minimum atomic E-state index is -0.117. The second kappa shape index (κ2) is 5.81. The second-order valence-electron chi connectivity index (χ2n) is 6.33. The fraction of sp³-hybridized carbons (Fsp3) is 0.471. The van der Waals surface area contributed by atoms with E-state index in [0.717, 1.165) is 42.2 Å². The zero-order valence-electron chi connectivity index (χ0n) is 13.5. The predicted octanol–water partition coefficient (Wildman–Crippen LogP) is 2.50. The molecule has 0 atom stereocenters. The average Bonchev–Trinajstić information content (AvgIpc) is 3.19. The van der Waals surface area contributed by atoms with E-state index in [9.17, 15) is 9.59 Å². The molecule has 0 bridgehead atoms. The van der Waals surface area contributed by atoms with E-state index in [1.807, 2.05) is 23.9 Å². The van der Waals surface area contributed by atoms with Crippen molar-refractivity contribution in [2.75, 3.05) is 6.61 Å². The van der Waals surface area contributed by atoms with Crippen LogP contribution in [0, 0.1) is 5.92 Å². The topological polar surface area (TPSA) is 92.8 Å². The van der Waals surface area contributed by atoms with Gasteiger partial charge in [-0.1, -0.05) is 0 Å². The molecular weight excluding hydrogens is 308 g/mol. The Balaban J connectivity index is 1.67. The van der Waals surface area contributed by atoms with Gasteiger partial charge < -0.3 is 9.72 Å². The third-order valence-electron chi connectivity index (χ3n) is 4.95. The molecule has 7 nitrogen and oxygen atoms in total. The molecule has 0 aromatic carbocycles. The Morgan fingerprint density at radius 3 is 2.88 bits per heavy atom. The van der Waals surface area contributed by atoms with E-state index in [1.54, 1.807) is 6.20 Å². The van der Waals surface area contributed by atoms with Crippen molar-refractivity contribution in [1.29, 1.82) is 0 Å². The van der Waals surface area contributed by atoms with Gasteiger partial charge in [-0.15, -0.1) is 0 Å². The van der Waals surface area contributed by atoms with E-state index < -0.39 is 0 Å². The first-order valence-corrected chi connectivity index (χ1v) is 8.42. The highest BCUT2D eigenvalue weighted by Gasteiger charge is 2.29. The van der Waals surface area contributed by atoms with E-state index in [0.29, 0.717) is 12.0 Å². The van der Waals surface area contributed by atoms with Crippen molar-refractivity contribution in [1.82, 2.24) is 19.7 Å². The number of carbonyl (C=O) groups excluding carboxylic acids is 1. The summed E-state index contributed by atoms with van der Waals surface area (Å²) in [5.74, 6) is -0.122. The number of nitrogens with zero attached hydrogens (tertiary/aromatic N) is 2. The number of hydrogen-bond acceptors (Lipinski definition) is 4. The number of fused-ring (bicyclic) bond motifs is 3. The fourth-order valence-electron chi connectivity index (χ4n) is 3.75. The second-order valence-corrected chi connectivity index (χ2v) is 6.33. The number of carbonyl (C=O) groups is 1. The van der Waals surface area contributed by atoms with Crippen LogP contribution in [-0.2, 0) is 9.53 Å². The van der Waals surface area contributed by atoms with Crippen LogP contribution < -0.4 is 5.56 Å². The molecule has 2 N–H and O–H groups in total. The van der Waals surface area contributed by atoms with Gasteiger partial charge in [0, 0.05) is 17.8 Å². The molecule has 3 heterocycles. The molecule has 0 radical (unpaired) electrons. The van der Waals surface area contributed by atoms with Crippen molar-refractivity contribution in [3.63, 3.8) is 0 Å². The van der Waals surface area contributed by atoms with Crippen molar-refractivity contribution in [2.45, 2.75) is 38.6 Å². The van der Waals surface area contributed by atoms with Crippen LogP contribution in [0.15, 0.2) is 23.3 Å². The van der Waals surface area contributed by atoms with E-state index in [2.05, 4.69) is 15.1 Å². The SMILES string of the molecule is CCOC(=O)C1CCC(n2[nH]c(=O)c3cnc4[nH]ccc4c32)CC1. The van der Waals surface area contributed by atoms with E-state index >= 15 is 0 Å². The van der Waals surface area contributed by atoms with Crippen molar-refractivity contribution < 1.29 is 9.53 Å². The maximum atomic E-state index is 12.3. The van der Waals surface area contributed by atoms with Crippen molar-refractivity contribution in [3.05, 3.63) is 28.8 Å². The molecule has 4 rings (SSSR count). The van der Waals surface area contributed by atoms with Crippen LogP contribution in [0.1, 0.15) is 38.6 Å². The van der Waals surface area contributed by atoms with Crippen molar-refractivity contribution in [2.24, 2.45) is 5.92 Å². The van der Waals surface area contributed by atoms with Crippen LogP contribution in [0.2, 0.25) is 0 Å². The van der Waals surface area contributed by atoms with Crippen LogP contribution in [-0.4, -0.2) is 32.3 Å². The molecule has 0 saturated heterocycles. The molecule has 24 heavy (non-hydrogen) atoms. The van der Waals surface area contributed by atoms with Gasteiger partial charge in [-0.05, 0) is 38.7 Å². The molecule has 1 saturated carbocycles. The Morgan fingerprint density at radius 1 is 1.33 bits per heavy atom. The maximum absolute atomic E-state index is 12.3. The van der Waals surface area contributed by atoms with Gasteiger partial charge in [0.1, 0.15) is 5.65 Å². The molecule has 0 amide bonds. The molecule has 0 aliphatic heterocycles. The molecule has 126 valence electrons. The molecule has 0 unspecified atom stereocenters. The molecule has 3 aromatic heterocycles. The maximum Gasteiger partial charge on any atom is 0.308 e. The lowest BCUT2D eigenvalue weighted by Crippen LogP contribution is -2.26. The summed E-state index contributed by atoms with van der Waals surface area (Å²) in [6.07, 6.45) is 6.71. The normalized spacial score (nSPS) is 21.4. The van der Waals surface area contributed by atoms with Gasteiger partial charge in [0.25, 0.3) is 5.56 Å². The minimum absolute atomic E-state index is 0.0244. The van der Waals surface area contributed by atoms with Gasteiger partial charge in [0.15, 0.2) is 0 Å². The number of nitrogens with one attached hydrogen (secondary N) is 2. The lowest BCUT2D eigenvalue weighted by Gasteiger charge is -2.28. The quantitative estimate of drug-likeness (QED) is 0.723. The predicted molar refractivity (Wildman–Crippen MR) is 89.8 cm³/mol. The lowest BCUT2D eigenvalue weighted by atomic mass is 9.86. The summed E-state index contributed by atoms with van der Waals surface area (Å²) in [6.45, 7) is 2.25. The Kier molecular flexibility index (Phi) is 3.63. The summed E-state index contributed by atoms with van der Waals surface area (Å²) in [7, 11) is 0. The number of pyridine rings is 1. The highest BCUT2D eigenvalue weighted by Crippen LogP contribution is 2.35. The van der Waals surface area contributed by atoms with Crippen LogP contribution in [0.5, 0.6) is 0 Å². The van der Waals surface area contributed by atoms with Gasteiger partial charge in [0.05, 0.1) is 29.5 Å². The number of H-pyrrole nitrogens is 2. The third kappa shape index (κ3) is 2.31. The zero-order valence-corrected chi connectivity index (χ0v) is 13.5. The summed E-state index contributed by atoms with van der Waals surface area (Å²) in [6, 6.07) is 2.12. The molecular formula is C17H20N4O3. The van der Waals surface area contributed by atoms with Gasteiger partial charge in [0.2, 0.25) is 0 Å². The van der Waals surface area contributed by atoms with E-state index in [-0.39, 0.29) is 23.5 Å². The number of rotatable bonds is 3. The number of ether oxygens (including phenoxy) is 1. The van der Waals surface area contributed by atoms with Crippen LogP contribution in [0.25, 0.3) is 21.9 Å². The Bertz CT molecular complexity index is 944. The van der Waals surface area contributed by atoms with Gasteiger partial charge in [-0.25, -0.2) is 4.98 Å². The number of aromatic nitrogens is 4. The zero-order chi connectivity index (χ0) is 16.7. The third-order valence-corrected chi connectivity index (χ3v) is 4.95. The first-order chi connectivity index (χ1) is 11.7. The van der Waals surface area contributed by atoms with Crippen molar-refractivity contribution in [3.8, 4) is 0 Å². The Morgan fingerprint density at radius 2 is 2.12 bits per heavy atom. The van der Waals surface area contributed by atoms with Gasteiger partial charge >= 0.3 is 5.97 Å².